The predicted molar refractivity (Wildman–Crippen MR) is 44.9 cm³/mol. The van der Waals surface area contributed by atoms with Crippen molar-refractivity contribution < 1.29 is 4.79 Å². The van der Waals surface area contributed by atoms with Crippen LogP contribution in [0, 0.1) is 18.3 Å². The van der Waals surface area contributed by atoms with Crippen molar-refractivity contribution in [3.63, 3.8) is 0 Å². The molecule has 0 aromatic carbocycles. The molecule has 1 aliphatic rings. The summed E-state index contributed by atoms with van der Waals surface area (Å²) in [6, 6.07) is 0. The molecule has 0 aliphatic heterocycles. The van der Waals surface area contributed by atoms with Gasteiger partial charge in [0.2, 0.25) is 5.78 Å². The van der Waals surface area contributed by atoms with Gasteiger partial charge in [0.1, 0.15) is 0 Å². The Balaban J connectivity index is 2.63. The van der Waals surface area contributed by atoms with E-state index in [1.54, 1.807) is 0 Å². The molecule has 0 fully saturated rings. The Morgan fingerprint density at radius 3 is 3.00 bits per heavy atom. The molecule has 0 spiro atoms. The molecule has 11 heavy (non-hydrogen) atoms. The summed E-state index contributed by atoms with van der Waals surface area (Å²) >= 11 is 0. The van der Waals surface area contributed by atoms with Crippen molar-refractivity contribution in [1.29, 1.82) is 0 Å². The van der Waals surface area contributed by atoms with Gasteiger partial charge in [0.25, 0.3) is 0 Å². The fourth-order valence-electron chi connectivity index (χ4n) is 1.26. The van der Waals surface area contributed by atoms with Crippen LogP contribution in [-0.4, -0.2) is 5.78 Å². The van der Waals surface area contributed by atoms with Crippen LogP contribution in [0.15, 0.2) is 11.6 Å². The summed E-state index contributed by atoms with van der Waals surface area (Å²) in [4.78, 5) is 11.0. The number of allylic oxidation sites excluding steroid dienone is 2. The monoisotopic (exact) mass is 148 g/mol. The molecular weight excluding hydrogens is 136 g/mol. The van der Waals surface area contributed by atoms with E-state index in [1.807, 2.05) is 6.08 Å². The van der Waals surface area contributed by atoms with E-state index in [-0.39, 0.29) is 5.78 Å². The first-order chi connectivity index (χ1) is 5.24. The highest BCUT2D eigenvalue weighted by Gasteiger charge is 2.13. The number of carbonyl (C=O) groups is 1. The third-order valence-electron chi connectivity index (χ3n) is 2.10. The van der Waals surface area contributed by atoms with Gasteiger partial charge >= 0.3 is 0 Å². The quantitative estimate of drug-likeness (QED) is 0.410. The maximum Gasteiger partial charge on any atom is 0.231 e. The van der Waals surface area contributed by atoms with Gasteiger partial charge in [-0.3, -0.25) is 4.79 Å². The van der Waals surface area contributed by atoms with E-state index in [0.717, 1.165) is 24.8 Å². The Morgan fingerprint density at radius 2 is 2.55 bits per heavy atom. The smallest absolute Gasteiger partial charge is 0.231 e. The largest absolute Gasteiger partial charge is 0.280 e. The number of rotatable bonds is 1. The number of Topliss-reactive ketones (excluding diaryl/α,β-unsaturated/α-hetero) is 1. The first kappa shape index (κ1) is 8.07. The Morgan fingerprint density at radius 1 is 1.82 bits per heavy atom. The minimum Gasteiger partial charge on any atom is -0.280 e. The van der Waals surface area contributed by atoms with Crippen LogP contribution in [0.4, 0.5) is 0 Å². The summed E-state index contributed by atoms with van der Waals surface area (Å²) in [7, 11) is 0. The molecule has 58 valence electrons. The van der Waals surface area contributed by atoms with Crippen molar-refractivity contribution >= 4 is 5.78 Å². The van der Waals surface area contributed by atoms with Crippen molar-refractivity contribution in [1.82, 2.24) is 0 Å². The third kappa shape index (κ3) is 1.94. The number of ketones is 1. The van der Waals surface area contributed by atoms with Crippen LogP contribution in [0.25, 0.3) is 0 Å². The van der Waals surface area contributed by atoms with Crippen molar-refractivity contribution in [3.05, 3.63) is 11.6 Å². The van der Waals surface area contributed by atoms with E-state index in [2.05, 4.69) is 12.8 Å². The topological polar surface area (TPSA) is 17.1 Å². The fourth-order valence-corrected chi connectivity index (χ4v) is 1.26. The third-order valence-corrected chi connectivity index (χ3v) is 2.10. The normalized spacial score (nSPS) is 23.6. The zero-order chi connectivity index (χ0) is 8.27. The number of hydrogen-bond donors (Lipinski definition) is 0. The molecule has 1 rings (SSSR count). The molecule has 0 N–H and O–H groups in total. The molecule has 1 unspecified atom stereocenters. The maximum atomic E-state index is 11.0. The lowest BCUT2D eigenvalue weighted by Gasteiger charge is -2.15. The van der Waals surface area contributed by atoms with E-state index < -0.39 is 0 Å². The molecule has 0 saturated carbocycles. The number of hydrogen-bond acceptors (Lipinski definition) is 1. The van der Waals surface area contributed by atoms with Gasteiger partial charge in [-0.1, -0.05) is 13.0 Å². The van der Waals surface area contributed by atoms with Gasteiger partial charge in [0, 0.05) is 5.57 Å². The molecule has 0 amide bonds. The second-order valence-electron chi connectivity index (χ2n) is 3.08. The van der Waals surface area contributed by atoms with E-state index in [9.17, 15) is 4.79 Å². The van der Waals surface area contributed by atoms with Gasteiger partial charge in [0.15, 0.2) is 0 Å². The molecule has 0 saturated heterocycles. The van der Waals surface area contributed by atoms with Gasteiger partial charge in [-0.15, -0.1) is 6.42 Å². The second kappa shape index (κ2) is 3.39. The highest BCUT2D eigenvalue weighted by molar-refractivity contribution is 6.08. The van der Waals surface area contributed by atoms with Gasteiger partial charge in [0.05, 0.1) is 0 Å². The van der Waals surface area contributed by atoms with Crippen LogP contribution in [0.3, 0.4) is 0 Å². The summed E-state index contributed by atoms with van der Waals surface area (Å²) in [6.07, 6.45) is 9.94. The maximum absolute atomic E-state index is 11.0. The lowest BCUT2D eigenvalue weighted by atomic mass is 9.89. The Kier molecular flexibility index (Phi) is 2.48. The molecule has 1 nitrogen and oxygen atoms in total. The minimum atomic E-state index is -0.128. The number of terminal acetylenes is 1. The first-order valence-corrected chi connectivity index (χ1v) is 3.94. The molecule has 0 radical (unpaired) electrons. The van der Waals surface area contributed by atoms with Crippen LogP contribution >= 0.6 is 0 Å². The Hall–Kier alpha value is -1.03. The average Bonchev–Trinajstić information content (AvgIpc) is 2.05. The van der Waals surface area contributed by atoms with Crippen molar-refractivity contribution in [2.45, 2.75) is 26.2 Å². The zero-order valence-electron chi connectivity index (χ0n) is 6.76. The molecule has 1 heteroatoms. The summed E-state index contributed by atoms with van der Waals surface area (Å²) in [5.41, 5.74) is 0.839. The van der Waals surface area contributed by atoms with Crippen LogP contribution in [0.5, 0.6) is 0 Å². The van der Waals surface area contributed by atoms with Gasteiger partial charge in [-0.2, -0.15) is 0 Å². The molecule has 0 heterocycles. The SMILES string of the molecule is C#CC(=O)C1=CCC(C)CC1. The van der Waals surface area contributed by atoms with Gasteiger partial charge in [-0.25, -0.2) is 0 Å². The average molecular weight is 148 g/mol. The molecular formula is C10H12O. The summed E-state index contributed by atoms with van der Waals surface area (Å²) in [5, 5.41) is 0. The van der Waals surface area contributed by atoms with Gasteiger partial charge in [-0.05, 0) is 31.1 Å². The van der Waals surface area contributed by atoms with Crippen LogP contribution < -0.4 is 0 Å². The molecule has 1 atom stereocenters. The van der Waals surface area contributed by atoms with Crippen molar-refractivity contribution in [2.24, 2.45) is 5.92 Å². The highest BCUT2D eigenvalue weighted by Crippen LogP contribution is 2.22. The van der Waals surface area contributed by atoms with E-state index in [0.29, 0.717) is 5.92 Å². The summed E-state index contributed by atoms with van der Waals surface area (Å²) in [5.74, 6) is 2.73. The van der Waals surface area contributed by atoms with E-state index in [1.165, 1.54) is 0 Å². The predicted octanol–water partition coefficient (Wildman–Crippen LogP) is 1.94. The molecule has 0 bridgehead atoms. The van der Waals surface area contributed by atoms with E-state index in [4.69, 9.17) is 6.42 Å². The number of carbonyl (C=O) groups excluding carboxylic acids is 1. The lowest BCUT2D eigenvalue weighted by molar-refractivity contribution is -0.110. The van der Waals surface area contributed by atoms with Crippen molar-refractivity contribution in [3.8, 4) is 12.3 Å². The van der Waals surface area contributed by atoms with E-state index >= 15 is 0 Å². The lowest BCUT2D eigenvalue weighted by Crippen LogP contribution is -2.07. The standard InChI is InChI=1S/C10H12O/c1-3-10(11)9-6-4-8(2)5-7-9/h1,6,8H,4-5,7H2,2H3. The second-order valence-corrected chi connectivity index (χ2v) is 3.08. The first-order valence-electron chi connectivity index (χ1n) is 3.94. The Labute approximate surface area is 67.5 Å². The van der Waals surface area contributed by atoms with Crippen LogP contribution in [-0.2, 0) is 4.79 Å². The van der Waals surface area contributed by atoms with Crippen LogP contribution in [0.1, 0.15) is 26.2 Å². The Bertz CT molecular complexity index is 230. The van der Waals surface area contributed by atoms with Crippen molar-refractivity contribution in [2.75, 3.05) is 0 Å². The molecule has 0 aromatic heterocycles. The molecule has 0 aromatic rings. The zero-order valence-corrected chi connectivity index (χ0v) is 6.76. The van der Waals surface area contributed by atoms with Crippen LogP contribution in [0.2, 0.25) is 0 Å². The molecule has 1 aliphatic carbocycles. The summed E-state index contributed by atoms with van der Waals surface area (Å²) in [6.45, 7) is 2.19. The fraction of sp³-hybridized carbons (Fsp3) is 0.500. The highest BCUT2D eigenvalue weighted by atomic mass is 16.1. The minimum absolute atomic E-state index is 0.128. The summed E-state index contributed by atoms with van der Waals surface area (Å²) < 4.78 is 0. The van der Waals surface area contributed by atoms with Gasteiger partial charge < -0.3 is 0 Å².